The molecule has 0 amide bonds. The molecule has 0 aliphatic rings. The molecule has 0 aliphatic carbocycles. The van der Waals surface area contributed by atoms with E-state index in [2.05, 4.69) is 9.97 Å². The molecule has 176 valence electrons. The zero-order valence-electron chi connectivity index (χ0n) is 18.8. The summed E-state index contributed by atoms with van der Waals surface area (Å²) >= 11 is 1.14. The van der Waals surface area contributed by atoms with Crippen LogP contribution in [0.3, 0.4) is 0 Å². The summed E-state index contributed by atoms with van der Waals surface area (Å²) < 4.78 is 35.5. The van der Waals surface area contributed by atoms with Crippen LogP contribution in [0, 0.1) is 18.6 Å². The van der Waals surface area contributed by atoms with E-state index >= 15 is 0 Å². The number of nitrogens with one attached hydrogen (secondary N) is 1. The lowest BCUT2D eigenvalue weighted by molar-refractivity contribution is 0.0690. The van der Waals surface area contributed by atoms with Crippen molar-refractivity contribution in [3.63, 3.8) is 0 Å². The largest absolute Gasteiger partial charge is 0.496 e. The van der Waals surface area contributed by atoms with Crippen molar-refractivity contribution in [3.8, 4) is 11.4 Å². The lowest BCUT2D eigenvalue weighted by atomic mass is 10.0. The van der Waals surface area contributed by atoms with Crippen molar-refractivity contribution in [1.82, 2.24) is 14.5 Å². The first-order valence-corrected chi connectivity index (χ1v) is 11.0. The van der Waals surface area contributed by atoms with Gasteiger partial charge in [0, 0.05) is 21.3 Å². The van der Waals surface area contributed by atoms with E-state index in [0.717, 1.165) is 21.9 Å². The molecule has 0 spiro atoms. The van der Waals surface area contributed by atoms with Gasteiger partial charge in [0.05, 0.1) is 18.3 Å². The van der Waals surface area contributed by atoms with Crippen LogP contribution in [0.15, 0.2) is 52.2 Å². The Morgan fingerprint density at radius 2 is 1.88 bits per heavy atom. The molecule has 0 atom stereocenters. The van der Waals surface area contributed by atoms with Gasteiger partial charge in [-0.2, -0.15) is 0 Å². The highest BCUT2D eigenvalue weighted by Gasteiger charge is 2.28. The number of nitrogens with zero attached hydrogens (tertiary/aromatic N) is 2. The Balaban J connectivity index is 1.88. The minimum atomic E-state index is -1.29. The standard InChI is InChI=1S/C24H21F2N3O4S/c1-12-9-16(22(30)31)27-21-20(12)28-23(32)29(21)17-11-19(15(26)10-14(17)25)34-24(2,3)13-7-5-6-8-18(13)33-4/h5-11H,1-4H3,(H,28,32)(H,30,31). The fourth-order valence-corrected chi connectivity index (χ4v) is 4.96. The van der Waals surface area contributed by atoms with Crippen molar-refractivity contribution in [3.05, 3.63) is 81.4 Å². The van der Waals surface area contributed by atoms with Crippen LogP contribution >= 0.6 is 11.8 Å². The summed E-state index contributed by atoms with van der Waals surface area (Å²) in [5.74, 6) is -2.45. The van der Waals surface area contributed by atoms with Crippen molar-refractivity contribution in [2.45, 2.75) is 30.4 Å². The number of halogens is 2. The number of para-hydroxylation sites is 1. The molecule has 0 unspecified atom stereocenters. The zero-order valence-corrected chi connectivity index (χ0v) is 19.6. The molecule has 0 saturated heterocycles. The number of hydrogen-bond acceptors (Lipinski definition) is 5. The van der Waals surface area contributed by atoms with Crippen molar-refractivity contribution in [1.29, 1.82) is 0 Å². The summed E-state index contributed by atoms with van der Waals surface area (Å²) in [5, 5.41) is 9.35. The Morgan fingerprint density at radius 3 is 2.56 bits per heavy atom. The van der Waals surface area contributed by atoms with Crippen molar-refractivity contribution >= 4 is 28.9 Å². The second kappa shape index (κ2) is 8.60. The first-order chi connectivity index (χ1) is 16.0. The maximum atomic E-state index is 14.9. The van der Waals surface area contributed by atoms with Gasteiger partial charge in [0.2, 0.25) is 0 Å². The summed E-state index contributed by atoms with van der Waals surface area (Å²) in [5.41, 5.74) is 0.194. The number of pyridine rings is 1. The summed E-state index contributed by atoms with van der Waals surface area (Å²) in [6.07, 6.45) is 0. The minimum Gasteiger partial charge on any atom is -0.496 e. The molecule has 34 heavy (non-hydrogen) atoms. The van der Waals surface area contributed by atoms with E-state index < -0.39 is 28.0 Å². The molecule has 10 heteroatoms. The van der Waals surface area contributed by atoms with E-state index in [1.165, 1.54) is 12.1 Å². The highest BCUT2D eigenvalue weighted by molar-refractivity contribution is 8.00. The van der Waals surface area contributed by atoms with Crippen LogP contribution in [0.2, 0.25) is 0 Å². The van der Waals surface area contributed by atoms with Crippen LogP contribution in [0.4, 0.5) is 8.78 Å². The van der Waals surface area contributed by atoms with Gasteiger partial charge in [-0.3, -0.25) is 0 Å². The third-order valence-electron chi connectivity index (χ3n) is 5.43. The predicted molar refractivity (Wildman–Crippen MR) is 125 cm³/mol. The quantitative estimate of drug-likeness (QED) is 0.372. The van der Waals surface area contributed by atoms with E-state index in [1.807, 2.05) is 32.0 Å². The molecule has 4 aromatic rings. The van der Waals surface area contributed by atoms with E-state index in [1.54, 1.807) is 20.1 Å². The minimum absolute atomic E-state index is 0.0622. The molecule has 0 saturated carbocycles. The third kappa shape index (κ3) is 4.05. The summed E-state index contributed by atoms with van der Waals surface area (Å²) in [7, 11) is 1.54. The Bertz CT molecular complexity index is 1490. The van der Waals surface area contributed by atoms with E-state index in [9.17, 15) is 23.5 Å². The number of rotatable bonds is 6. The van der Waals surface area contributed by atoms with Crippen molar-refractivity contribution < 1.29 is 23.4 Å². The number of imidazole rings is 1. The van der Waals surface area contributed by atoms with Crippen LogP contribution in [-0.4, -0.2) is 32.7 Å². The number of aromatic carboxylic acids is 1. The number of carboxylic acid groups (broad SMARTS) is 1. The van der Waals surface area contributed by atoms with Crippen LogP contribution in [0.5, 0.6) is 5.75 Å². The second-order valence-corrected chi connectivity index (χ2v) is 9.80. The van der Waals surface area contributed by atoms with E-state index in [-0.39, 0.29) is 27.4 Å². The van der Waals surface area contributed by atoms with Gasteiger partial charge in [0.15, 0.2) is 11.3 Å². The van der Waals surface area contributed by atoms with Crippen molar-refractivity contribution in [2.24, 2.45) is 0 Å². The smallest absolute Gasteiger partial charge is 0.354 e. The molecule has 2 N–H and O–H groups in total. The number of methoxy groups -OCH3 is 1. The van der Waals surface area contributed by atoms with Gasteiger partial charge >= 0.3 is 11.7 Å². The number of ether oxygens (including phenoxy) is 1. The number of benzene rings is 2. The fraction of sp³-hybridized carbons (Fsp3) is 0.208. The van der Waals surface area contributed by atoms with Gasteiger partial charge in [-0.15, -0.1) is 11.8 Å². The van der Waals surface area contributed by atoms with Gasteiger partial charge in [-0.25, -0.2) is 27.9 Å². The van der Waals surface area contributed by atoms with E-state index in [0.29, 0.717) is 17.4 Å². The number of fused-ring (bicyclic) bond motifs is 1. The zero-order chi connectivity index (χ0) is 24.8. The number of carboxylic acids is 1. The molecular formula is C24H21F2N3O4S. The molecular weight excluding hydrogens is 464 g/mol. The lowest BCUT2D eigenvalue weighted by Gasteiger charge is -2.27. The van der Waals surface area contributed by atoms with Gasteiger partial charge in [0.25, 0.3) is 0 Å². The molecule has 0 fully saturated rings. The van der Waals surface area contributed by atoms with Gasteiger partial charge in [0.1, 0.15) is 17.4 Å². The molecule has 2 heterocycles. The molecule has 2 aromatic carbocycles. The first kappa shape index (κ1) is 23.5. The lowest BCUT2D eigenvalue weighted by Crippen LogP contribution is -2.18. The maximum Gasteiger partial charge on any atom is 0.354 e. The van der Waals surface area contributed by atoms with Gasteiger partial charge in [-0.1, -0.05) is 18.2 Å². The normalized spacial score (nSPS) is 11.7. The Morgan fingerprint density at radius 1 is 1.18 bits per heavy atom. The van der Waals surface area contributed by atoms with Crippen LogP contribution in [-0.2, 0) is 4.75 Å². The number of aryl methyl sites for hydroxylation is 1. The van der Waals surface area contributed by atoms with Crippen molar-refractivity contribution in [2.75, 3.05) is 7.11 Å². The summed E-state index contributed by atoms with van der Waals surface area (Å²) in [6, 6.07) is 10.6. The van der Waals surface area contributed by atoms with Crippen LogP contribution in [0.25, 0.3) is 16.9 Å². The Hall–Kier alpha value is -3.66. The second-order valence-electron chi connectivity index (χ2n) is 8.14. The number of thioether (sulfide) groups is 1. The summed E-state index contributed by atoms with van der Waals surface area (Å²) in [6.45, 7) is 5.36. The molecule has 4 rings (SSSR count). The highest BCUT2D eigenvalue weighted by Crippen LogP contribution is 2.45. The van der Waals surface area contributed by atoms with Crippen LogP contribution in [0.1, 0.15) is 35.5 Å². The molecule has 7 nitrogen and oxygen atoms in total. The average Bonchev–Trinajstić information content (AvgIpc) is 3.11. The van der Waals surface area contributed by atoms with Gasteiger partial charge < -0.3 is 14.8 Å². The van der Waals surface area contributed by atoms with Gasteiger partial charge in [-0.05, 0) is 44.5 Å². The molecule has 0 bridgehead atoms. The summed E-state index contributed by atoms with van der Waals surface area (Å²) in [4.78, 5) is 30.9. The number of H-pyrrole nitrogens is 1. The predicted octanol–water partition coefficient (Wildman–Crippen LogP) is 5.03. The molecule has 0 radical (unpaired) electrons. The number of aromatic amines is 1. The number of hydrogen-bond donors (Lipinski definition) is 2. The topological polar surface area (TPSA) is 97.2 Å². The SMILES string of the molecule is COc1ccccc1C(C)(C)Sc1cc(-n2c(=O)[nH]c3c(C)cc(C(=O)O)nc32)c(F)cc1F. The number of carbonyl (C=O) groups is 1. The molecule has 0 aliphatic heterocycles. The average molecular weight is 486 g/mol. The van der Waals surface area contributed by atoms with Crippen LogP contribution < -0.4 is 10.4 Å². The highest BCUT2D eigenvalue weighted by atomic mass is 32.2. The monoisotopic (exact) mass is 485 g/mol. The third-order valence-corrected chi connectivity index (χ3v) is 6.69. The number of aromatic nitrogens is 3. The first-order valence-electron chi connectivity index (χ1n) is 10.2. The molecule has 2 aromatic heterocycles. The fourth-order valence-electron chi connectivity index (χ4n) is 3.80. The maximum absolute atomic E-state index is 14.9. The Kier molecular flexibility index (Phi) is 5.94. The Labute approximate surface area is 197 Å². The van der Waals surface area contributed by atoms with E-state index in [4.69, 9.17) is 4.74 Å².